The molecule has 2 aromatic carbocycles. The fourth-order valence-corrected chi connectivity index (χ4v) is 2.07. The van der Waals surface area contributed by atoms with Gasteiger partial charge in [0.05, 0.1) is 20.3 Å². The summed E-state index contributed by atoms with van der Waals surface area (Å²) in [5.41, 5.74) is 4.23. The van der Waals surface area contributed by atoms with Gasteiger partial charge >= 0.3 is 6.03 Å². The Balaban J connectivity index is 1.77. The number of hydroxylamine groups is 1. The SMILES string of the molecule is CCOc1ccc(CNC(=O)NOCc2ccccc2)cc1OC. The maximum absolute atomic E-state index is 11.7. The smallest absolute Gasteiger partial charge is 0.338 e. The third-order valence-corrected chi connectivity index (χ3v) is 3.23. The molecular formula is C18H22N2O4. The first-order valence-corrected chi connectivity index (χ1v) is 7.72. The molecule has 128 valence electrons. The second kappa shape index (κ2) is 9.42. The van der Waals surface area contributed by atoms with Crippen LogP contribution in [0.5, 0.6) is 11.5 Å². The predicted molar refractivity (Wildman–Crippen MR) is 90.8 cm³/mol. The van der Waals surface area contributed by atoms with Crippen LogP contribution < -0.4 is 20.3 Å². The molecule has 0 fully saturated rings. The van der Waals surface area contributed by atoms with Gasteiger partial charge in [0.15, 0.2) is 11.5 Å². The van der Waals surface area contributed by atoms with Gasteiger partial charge in [0.1, 0.15) is 0 Å². The van der Waals surface area contributed by atoms with Gasteiger partial charge in [0.2, 0.25) is 0 Å². The zero-order valence-electron chi connectivity index (χ0n) is 13.9. The maximum Gasteiger partial charge on any atom is 0.338 e. The molecule has 6 heteroatoms. The molecule has 24 heavy (non-hydrogen) atoms. The lowest BCUT2D eigenvalue weighted by molar-refractivity contribution is 0.0490. The average Bonchev–Trinajstić information content (AvgIpc) is 2.62. The third kappa shape index (κ3) is 5.48. The minimum absolute atomic E-state index is 0.311. The number of rotatable bonds is 8. The van der Waals surface area contributed by atoms with Crippen molar-refractivity contribution in [2.75, 3.05) is 13.7 Å². The number of urea groups is 1. The van der Waals surface area contributed by atoms with Crippen LogP contribution in [-0.2, 0) is 18.0 Å². The highest BCUT2D eigenvalue weighted by atomic mass is 16.7. The number of methoxy groups -OCH3 is 1. The normalized spacial score (nSPS) is 10.1. The van der Waals surface area contributed by atoms with E-state index >= 15 is 0 Å². The predicted octanol–water partition coefficient (Wildman–Crippen LogP) is 3.02. The molecular weight excluding hydrogens is 308 g/mol. The van der Waals surface area contributed by atoms with Gasteiger partial charge in [-0.05, 0) is 30.2 Å². The van der Waals surface area contributed by atoms with E-state index in [1.54, 1.807) is 7.11 Å². The van der Waals surface area contributed by atoms with Gasteiger partial charge in [-0.1, -0.05) is 36.4 Å². The number of hydrogen-bond acceptors (Lipinski definition) is 4. The van der Waals surface area contributed by atoms with Crippen LogP contribution in [0.2, 0.25) is 0 Å². The topological polar surface area (TPSA) is 68.8 Å². The van der Waals surface area contributed by atoms with Crippen LogP contribution in [0.15, 0.2) is 48.5 Å². The second-order valence-electron chi connectivity index (χ2n) is 4.98. The summed E-state index contributed by atoms with van der Waals surface area (Å²) in [6, 6.07) is 14.7. The lowest BCUT2D eigenvalue weighted by atomic mass is 10.2. The van der Waals surface area contributed by atoms with Crippen molar-refractivity contribution in [2.24, 2.45) is 0 Å². The molecule has 0 aromatic heterocycles. The molecule has 0 unspecified atom stereocenters. The van der Waals surface area contributed by atoms with E-state index in [0.29, 0.717) is 31.3 Å². The van der Waals surface area contributed by atoms with Crippen LogP contribution in [0.3, 0.4) is 0 Å². The van der Waals surface area contributed by atoms with Gasteiger partial charge in [0.25, 0.3) is 0 Å². The molecule has 0 aliphatic carbocycles. The molecule has 0 atom stereocenters. The lowest BCUT2D eigenvalue weighted by Gasteiger charge is -2.12. The fourth-order valence-electron chi connectivity index (χ4n) is 2.07. The Bertz CT molecular complexity index is 647. The van der Waals surface area contributed by atoms with Crippen LogP contribution in [0, 0.1) is 0 Å². The van der Waals surface area contributed by atoms with Crippen molar-refractivity contribution in [3.63, 3.8) is 0 Å². The van der Waals surface area contributed by atoms with Crippen LogP contribution in [0.25, 0.3) is 0 Å². The largest absolute Gasteiger partial charge is 0.493 e. The summed E-state index contributed by atoms with van der Waals surface area (Å²) in [4.78, 5) is 16.9. The molecule has 0 radical (unpaired) electrons. The molecule has 2 N–H and O–H groups in total. The van der Waals surface area contributed by atoms with Gasteiger partial charge in [-0.25, -0.2) is 10.3 Å². The van der Waals surface area contributed by atoms with Crippen molar-refractivity contribution in [2.45, 2.75) is 20.1 Å². The molecule has 0 spiro atoms. The number of carbonyl (C=O) groups excluding carboxylic acids is 1. The van der Waals surface area contributed by atoms with E-state index < -0.39 is 6.03 Å². The van der Waals surface area contributed by atoms with Crippen molar-refractivity contribution < 1.29 is 19.1 Å². The van der Waals surface area contributed by atoms with E-state index in [1.165, 1.54) is 0 Å². The van der Waals surface area contributed by atoms with Gasteiger partial charge in [-0.3, -0.25) is 4.84 Å². The van der Waals surface area contributed by atoms with Crippen LogP contribution in [0.1, 0.15) is 18.1 Å². The van der Waals surface area contributed by atoms with Crippen molar-refractivity contribution in [3.05, 3.63) is 59.7 Å². The summed E-state index contributed by atoms with van der Waals surface area (Å²) in [6.45, 7) is 3.14. The Morgan fingerprint density at radius 3 is 2.54 bits per heavy atom. The Kier molecular flexibility index (Phi) is 6.91. The molecule has 0 saturated heterocycles. The van der Waals surface area contributed by atoms with Crippen LogP contribution >= 0.6 is 0 Å². The van der Waals surface area contributed by atoms with Crippen LogP contribution in [-0.4, -0.2) is 19.7 Å². The first kappa shape index (κ1) is 17.6. The first-order valence-electron chi connectivity index (χ1n) is 7.72. The zero-order chi connectivity index (χ0) is 17.2. The minimum Gasteiger partial charge on any atom is -0.493 e. The van der Waals surface area contributed by atoms with E-state index in [4.69, 9.17) is 14.3 Å². The Hall–Kier alpha value is -2.73. The van der Waals surface area contributed by atoms with E-state index in [2.05, 4.69) is 10.8 Å². The number of amides is 2. The standard InChI is InChI=1S/C18H22N2O4/c1-3-23-16-10-9-15(11-17(16)22-2)12-19-18(21)20-24-13-14-7-5-4-6-8-14/h4-11H,3,12-13H2,1-2H3,(H2,19,20,21). The molecule has 0 saturated carbocycles. The fraction of sp³-hybridized carbons (Fsp3) is 0.278. The highest BCUT2D eigenvalue weighted by Gasteiger charge is 2.06. The Morgan fingerprint density at radius 2 is 1.83 bits per heavy atom. The van der Waals surface area contributed by atoms with Gasteiger partial charge in [-0.15, -0.1) is 0 Å². The molecule has 0 bridgehead atoms. The Morgan fingerprint density at radius 1 is 1.04 bits per heavy atom. The van der Waals surface area contributed by atoms with Crippen molar-refractivity contribution in [1.29, 1.82) is 0 Å². The first-order chi connectivity index (χ1) is 11.7. The van der Waals surface area contributed by atoms with Crippen molar-refractivity contribution in [1.82, 2.24) is 10.8 Å². The molecule has 0 aliphatic heterocycles. The van der Waals surface area contributed by atoms with Crippen molar-refractivity contribution >= 4 is 6.03 Å². The monoisotopic (exact) mass is 330 g/mol. The highest BCUT2D eigenvalue weighted by molar-refractivity contribution is 5.72. The van der Waals surface area contributed by atoms with E-state index in [1.807, 2.05) is 55.5 Å². The van der Waals surface area contributed by atoms with E-state index in [9.17, 15) is 4.79 Å². The number of hydrogen-bond donors (Lipinski definition) is 2. The van der Waals surface area contributed by atoms with Crippen LogP contribution in [0.4, 0.5) is 4.79 Å². The summed E-state index contributed by atoms with van der Waals surface area (Å²) in [7, 11) is 1.58. The summed E-state index contributed by atoms with van der Waals surface area (Å²) >= 11 is 0. The quantitative estimate of drug-likeness (QED) is 0.730. The molecule has 0 aliphatic rings. The maximum atomic E-state index is 11.7. The summed E-state index contributed by atoms with van der Waals surface area (Å²) in [5.74, 6) is 1.32. The molecule has 2 rings (SSSR count). The number of benzene rings is 2. The van der Waals surface area contributed by atoms with Gasteiger partial charge in [-0.2, -0.15) is 0 Å². The molecule has 0 heterocycles. The number of nitrogens with one attached hydrogen (secondary N) is 2. The highest BCUT2D eigenvalue weighted by Crippen LogP contribution is 2.27. The summed E-state index contributed by atoms with van der Waals surface area (Å²) in [5, 5.41) is 2.72. The second-order valence-corrected chi connectivity index (χ2v) is 4.98. The Labute approximate surface area is 141 Å². The molecule has 6 nitrogen and oxygen atoms in total. The average molecular weight is 330 g/mol. The van der Waals surface area contributed by atoms with Gasteiger partial charge < -0.3 is 14.8 Å². The number of ether oxygens (including phenoxy) is 2. The third-order valence-electron chi connectivity index (χ3n) is 3.23. The lowest BCUT2D eigenvalue weighted by Crippen LogP contribution is -2.34. The van der Waals surface area contributed by atoms with E-state index in [0.717, 1.165) is 11.1 Å². The zero-order valence-corrected chi connectivity index (χ0v) is 13.9. The summed E-state index contributed by atoms with van der Waals surface area (Å²) < 4.78 is 10.7. The minimum atomic E-state index is -0.404. The van der Waals surface area contributed by atoms with E-state index in [-0.39, 0.29) is 0 Å². The van der Waals surface area contributed by atoms with Gasteiger partial charge in [0, 0.05) is 6.54 Å². The number of carbonyl (C=O) groups is 1. The van der Waals surface area contributed by atoms with Crippen molar-refractivity contribution in [3.8, 4) is 11.5 Å². The molecule has 2 aromatic rings. The summed E-state index contributed by atoms with van der Waals surface area (Å²) in [6.07, 6.45) is 0. The molecule has 2 amide bonds.